The number of ether oxygens (including phenoxy) is 2. The standard InChI is InChI=1S/C17H17NO4S/c1-11(22-17(20)15-7-4-10-23-15)16(19)18-13-8-9-21-14-6-3-2-5-12(13)14/h2-7,10-11,13H,8-9H2,1H3,(H,18,19)/t11-,13-/m0/s1. The summed E-state index contributed by atoms with van der Waals surface area (Å²) >= 11 is 1.29. The molecular formula is C17H17NO4S. The van der Waals surface area contributed by atoms with Crippen LogP contribution in [0.25, 0.3) is 0 Å². The molecule has 0 saturated carbocycles. The summed E-state index contributed by atoms with van der Waals surface area (Å²) < 4.78 is 10.8. The van der Waals surface area contributed by atoms with E-state index < -0.39 is 12.1 Å². The Kier molecular flexibility index (Phi) is 4.62. The number of benzene rings is 1. The van der Waals surface area contributed by atoms with Crippen molar-refractivity contribution in [1.29, 1.82) is 0 Å². The van der Waals surface area contributed by atoms with Gasteiger partial charge in [0, 0.05) is 12.0 Å². The fraction of sp³-hybridized carbons (Fsp3) is 0.294. The van der Waals surface area contributed by atoms with E-state index in [0.717, 1.165) is 11.3 Å². The quantitative estimate of drug-likeness (QED) is 0.875. The highest BCUT2D eigenvalue weighted by Gasteiger charge is 2.26. The van der Waals surface area contributed by atoms with E-state index in [1.807, 2.05) is 24.3 Å². The second kappa shape index (κ2) is 6.83. The first-order valence-corrected chi connectivity index (χ1v) is 8.29. The van der Waals surface area contributed by atoms with Crippen LogP contribution in [0.2, 0.25) is 0 Å². The molecule has 2 atom stereocenters. The van der Waals surface area contributed by atoms with E-state index in [1.54, 1.807) is 24.4 Å². The number of carbonyl (C=O) groups excluding carboxylic acids is 2. The van der Waals surface area contributed by atoms with Crippen LogP contribution in [0.5, 0.6) is 5.75 Å². The molecule has 0 aliphatic carbocycles. The fourth-order valence-electron chi connectivity index (χ4n) is 2.45. The molecule has 1 aromatic heterocycles. The minimum Gasteiger partial charge on any atom is -0.493 e. The Bertz CT molecular complexity index is 698. The molecule has 1 amide bonds. The highest BCUT2D eigenvalue weighted by atomic mass is 32.1. The lowest BCUT2D eigenvalue weighted by atomic mass is 10.0. The first kappa shape index (κ1) is 15.6. The van der Waals surface area contributed by atoms with Gasteiger partial charge in [0.1, 0.15) is 10.6 Å². The van der Waals surface area contributed by atoms with Gasteiger partial charge in [0.25, 0.3) is 5.91 Å². The Morgan fingerprint density at radius 1 is 1.30 bits per heavy atom. The second-order valence-corrected chi connectivity index (χ2v) is 6.21. The normalized spacial score (nSPS) is 17.5. The predicted octanol–water partition coefficient (Wildman–Crippen LogP) is 2.93. The van der Waals surface area contributed by atoms with Crippen LogP contribution in [0.15, 0.2) is 41.8 Å². The van der Waals surface area contributed by atoms with E-state index >= 15 is 0 Å². The van der Waals surface area contributed by atoms with Crippen molar-refractivity contribution < 1.29 is 19.1 Å². The average Bonchev–Trinajstić information content (AvgIpc) is 3.09. The van der Waals surface area contributed by atoms with Crippen LogP contribution in [-0.2, 0) is 9.53 Å². The zero-order valence-corrected chi connectivity index (χ0v) is 13.5. The third-order valence-corrected chi connectivity index (χ3v) is 4.50. The van der Waals surface area contributed by atoms with E-state index in [4.69, 9.17) is 9.47 Å². The van der Waals surface area contributed by atoms with Gasteiger partial charge in [0.05, 0.1) is 12.6 Å². The Hall–Kier alpha value is -2.34. The second-order valence-electron chi connectivity index (χ2n) is 5.26. The smallest absolute Gasteiger partial charge is 0.349 e. The molecular weight excluding hydrogens is 314 g/mol. The van der Waals surface area contributed by atoms with Crippen molar-refractivity contribution in [2.45, 2.75) is 25.5 Å². The molecule has 2 aromatic rings. The van der Waals surface area contributed by atoms with E-state index in [9.17, 15) is 9.59 Å². The molecule has 1 aliphatic heterocycles. The maximum Gasteiger partial charge on any atom is 0.349 e. The summed E-state index contributed by atoms with van der Waals surface area (Å²) in [5, 5.41) is 4.72. The van der Waals surface area contributed by atoms with Gasteiger partial charge >= 0.3 is 5.97 Å². The Morgan fingerprint density at radius 3 is 2.91 bits per heavy atom. The van der Waals surface area contributed by atoms with Crippen molar-refractivity contribution in [3.05, 3.63) is 52.2 Å². The van der Waals surface area contributed by atoms with Crippen molar-refractivity contribution >= 4 is 23.2 Å². The first-order chi connectivity index (χ1) is 11.1. The Balaban J connectivity index is 1.62. The van der Waals surface area contributed by atoms with Crippen LogP contribution in [0.4, 0.5) is 0 Å². The van der Waals surface area contributed by atoms with Crippen LogP contribution in [0.3, 0.4) is 0 Å². The molecule has 0 radical (unpaired) electrons. The highest BCUT2D eigenvalue weighted by Crippen LogP contribution is 2.31. The molecule has 23 heavy (non-hydrogen) atoms. The van der Waals surface area contributed by atoms with Crippen molar-refractivity contribution in [2.24, 2.45) is 0 Å². The lowest BCUT2D eigenvalue weighted by Gasteiger charge is -2.27. The number of hydrogen-bond donors (Lipinski definition) is 1. The zero-order valence-electron chi connectivity index (χ0n) is 12.7. The molecule has 1 aromatic carbocycles. The number of esters is 1. The number of nitrogens with one attached hydrogen (secondary N) is 1. The summed E-state index contributed by atoms with van der Waals surface area (Å²) in [6.45, 7) is 2.12. The third kappa shape index (κ3) is 3.53. The SMILES string of the molecule is C[C@H](OC(=O)c1cccs1)C(=O)N[C@H]1CCOc2ccccc21. The number of carbonyl (C=O) groups is 2. The molecule has 2 heterocycles. The van der Waals surface area contributed by atoms with Gasteiger partial charge in [0.2, 0.25) is 0 Å². The van der Waals surface area contributed by atoms with E-state index in [0.29, 0.717) is 17.9 Å². The summed E-state index contributed by atoms with van der Waals surface area (Å²) in [5.74, 6) is -0.001000. The number of rotatable bonds is 4. The molecule has 0 fully saturated rings. The first-order valence-electron chi connectivity index (χ1n) is 7.42. The number of fused-ring (bicyclic) bond motifs is 1. The van der Waals surface area contributed by atoms with Gasteiger partial charge in [-0.15, -0.1) is 11.3 Å². The molecule has 120 valence electrons. The average molecular weight is 331 g/mol. The topological polar surface area (TPSA) is 64.6 Å². The van der Waals surface area contributed by atoms with Crippen LogP contribution in [-0.4, -0.2) is 24.6 Å². The third-order valence-electron chi connectivity index (χ3n) is 3.65. The number of amides is 1. The highest BCUT2D eigenvalue weighted by molar-refractivity contribution is 7.11. The molecule has 0 bridgehead atoms. The van der Waals surface area contributed by atoms with Crippen molar-refractivity contribution in [2.75, 3.05) is 6.61 Å². The predicted molar refractivity (Wildman–Crippen MR) is 86.6 cm³/mol. The number of thiophene rings is 1. The van der Waals surface area contributed by atoms with E-state index in [1.165, 1.54) is 11.3 Å². The molecule has 1 N–H and O–H groups in total. The summed E-state index contributed by atoms with van der Waals surface area (Å²) in [4.78, 5) is 24.7. The van der Waals surface area contributed by atoms with E-state index in [-0.39, 0.29) is 11.9 Å². The summed E-state index contributed by atoms with van der Waals surface area (Å²) in [5.41, 5.74) is 0.948. The summed E-state index contributed by atoms with van der Waals surface area (Å²) in [7, 11) is 0. The molecule has 5 nitrogen and oxygen atoms in total. The molecule has 0 spiro atoms. The van der Waals surface area contributed by atoms with Crippen LogP contribution in [0, 0.1) is 0 Å². The minimum absolute atomic E-state index is 0.129. The summed E-state index contributed by atoms with van der Waals surface area (Å²) in [6.07, 6.45) is -0.159. The Labute approximate surface area is 138 Å². The van der Waals surface area contributed by atoms with Gasteiger partial charge in [-0.2, -0.15) is 0 Å². The minimum atomic E-state index is -0.848. The van der Waals surface area contributed by atoms with Gasteiger partial charge in [-0.1, -0.05) is 24.3 Å². The number of hydrogen-bond acceptors (Lipinski definition) is 5. The number of para-hydroxylation sites is 1. The van der Waals surface area contributed by atoms with Gasteiger partial charge in [0.15, 0.2) is 6.10 Å². The maximum absolute atomic E-state index is 12.3. The van der Waals surface area contributed by atoms with Crippen LogP contribution in [0.1, 0.15) is 34.6 Å². The van der Waals surface area contributed by atoms with Gasteiger partial charge in [-0.25, -0.2) is 4.79 Å². The van der Waals surface area contributed by atoms with Crippen LogP contribution >= 0.6 is 11.3 Å². The maximum atomic E-state index is 12.3. The molecule has 3 rings (SSSR count). The summed E-state index contributed by atoms with van der Waals surface area (Å²) in [6, 6.07) is 10.9. The lowest BCUT2D eigenvalue weighted by Crippen LogP contribution is -2.39. The molecule has 1 aliphatic rings. The van der Waals surface area contributed by atoms with Gasteiger partial charge in [-0.05, 0) is 24.4 Å². The molecule has 0 unspecified atom stereocenters. The van der Waals surface area contributed by atoms with Crippen molar-refractivity contribution in [1.82, 2.24) is 5.32 Å². The monoisotopic (exact) mass is 331 g/mol. The van der Waals surface area contributed by atoms with Gasteiger partial charge in [-0.3, -0.25) is 4.79 Å². The Morgan fingerprint density at radius 2 is 2.13 bits per heavy atom. The van der Waals surface area contributed by atoms with Gasteiger partial charge < -0.3 is 14.8 Å². The largest absolute Gasteiger partial charge is 0.493 e. The van der Waals surface area contributed by atoms with Crippen molar-refractivity contribution in [3.8, 4) is 5.75 Å². The zero-order chi connectivity index (χ0) is 16.2. The van der Waals surface area contributed by atoms with E-state index in [2.05, 4.69) is 5.32 Å². The molecule has 0 saturated heterocycles. The lowest BCUT2D eigenvalue weighted by molar-refractivity contribution is -0.130. The van der Waals surface area contributed by atoms with Crippen LogP contribution < -0.4 is 10.1 Å². The molecule has 6 heteroatoms. The van der Waals surface area contributed by atoms with Crippen molar-refractivity contribution in [3.63, 3.8) is 0 Å². The fourth-order valence-corrected chi connectivity index (χ4v) is 3.05.